The maximum atomic E-state index is 13.3. The summed E-state index contributed by atoms with van der Waals surface area (Å²) in [6.45, 7) is 3.57. The smallest absolute Gasteiger partial charge is 0.344 e. The van der Waals surface area contributed by atoms with E-state index >= 15 is 0 Å². The number of methoxy groups -OCH3 is 2. The number of benzene rings is 2. The van der Waals surface area contributed by atoms with Crippen LogP contribution in [0, 0.1) is 0 Å². The molecule has 1 aliphatic rings. The van der Waals surface area contributed by atoms with Gasteiger partial charge in [-0.05, 0) is 80.7 Å². The number of carbonyl (C=O) groups excluding carboxylic acids is 3. The quantitative estimate of drug-likeness (QED) is 0.278. The van der Waals surface area contributed by atoms with E-state index in [0.29, 0.717) is 47.0 Å². The minimum absolute atomic E-state index is 0.0236. The highest BCUT2D eigenvalue weighted by Gasteiger charge is 2.21. The predicted octanol–water partition coefficient (Wildman–Crippen LogP) is 4.81. The van der Waals surface area contributed by atoms with E-state index in [1.165, 1.54) is 14.2 Å². The van der Waals surface area contributed by atoms with Gasteiger partial charge in [-0.15, -0.1) is 0 Å². The number of allylic oxidation sites excluding steroid dienone is 2. The van der Waals surface area contributed by atoms with Crippen LogP contribution in [0.15, 0.2) is 47.5 Å². The van der Waals surface area contributed by atoms with Crippen LogP contribution < -0.4 is 18.9 Å². The lowest BCUT2D eigenvalue weighted by Gasteiger charge is -2.17. The van der Waals surface area contributed by atoms with Crippen molar-refractivity contribution < 1.29 is 42.8 Å². The first-order valence-electron chi connectivity index (χ1n) is 12.8. The summed E-state index contributed by atoms with van der Waals surface area (Å²) in [5.41, 5.74) is 2.95. The summed E-state index contributed by atoms with van der Waals surface area (Å²) < 4.78 is 31.6. The van der Waals surface area contributed by atoms with Gasteiger partial charge in [0.05, 0.1) is 27.4 Å². The third kappa shape index (κ3) is 8.36. The molecule has 2 aromatic rings. The van der Waals surface area contributed by atoms with Gasteiger partial charge in [0.25, 0.3) is 0 Å². The second-order valence-electron chi connectivity index (χ2n) is 8.53. The molecule has 3 rings (SSSR count). The Morgan fingerprint density at radius 3 is 1.54 bits per heavy atom. The fourth-order valence-corrected chi connectivity index (χ4v) is 4.05. The second-order valence-corrected chi connectivity index (χ2v) is 8.53. The average Bonchev–Trinajstić information content (AvgIpc) is 2.93. The zero-order valence-electron chi connectivity index (χ0n) is 22.7. The van der Waals surface area contributed by atoms with E-state index in [1.54, 1.807) is 50.2 Å². The molecule has 1 saturated carbocycles. The Labute approximate surface area is 228 Å². The van der Waals surface area contributed by atoms with Gasteiger partial charge in [-0.3, -0.25) is 4.79 Å². The average molecular weight is 539 g/mol. The van der Waals surface area contributed by atoms with Gasteiger partial charge < -0.3 is 28.4 Å². The minimum Gasteiger partial charge on any atom is -0.493 e. The van der Waals surface area contributed by atoms with Crippen molar-refractivity contribution in [2.75, 3.05) is 40.6 Å². The van der Waals surface area contributed by atoms with Gasteiger partial charge in [0, 0.05) is 11.1 Å². The highest BCUT2D eigenvalue weighted by Crippen LogP contribution is 2.33. The Morgan fingerprint density at radius 2 is 1.15 bits per heavy atom. The van der Waals surface area contributed by atoms with Crippen LogP contribution in [-0.2, 0) is 23.9 Å². The molecular weight excluding hydrogens is 504 g/mol. The highest BCUT2D eigenvalue weighted by molar-refractivity contribution is 6.14. The van der Waals surface area contributed by atoms with E-state index in [0.717, 1.165) is 17.5 Å². The molecule has 0 heterocycles. The van der Waals surface area contributed by atoms with Crippen molar-refractivity contribution in [2.24, 2.45) is 0 Å². The number of ketones is 1. The van der Waals surface area contributed by atoms with Crippen LogP contribution in [0.2, 0.25) is 0 Å². The molecule has 0 saturated heterocycles. The van der Waals surface area contributed by atoms with E-state index in [-0.39, 0.29) is 32.2 Å². The number of hydrogen-bond donors (Lipinski definition) is 0. The van der Waals surface area contributed by atoms with Gasteiger partial charge in [-0.25, -0.2) is 9.59 Å². The molecule has 0 aromatic heterocycles. The SMILES string of the molecule is CCOC(=O)COc1ccc(/C=C2/CCC/C(=C\c3ccc(OCC(=O)OCC)c(OC)c3)C2=O)cc1OC. The number of hydrogen-bond acceptors (Lipinski definition) is 9. The molecular formula is C30H34O9. The highest BCUT2D eigenvalue weighted by atomic mass is 16.6. The van der Waals surface area contributed by atoms with Gasteiger partial charge in [0.2, 0.25) is 0 Å². The Hall–Kier alpha value is -4.27. The number of carbonyl (C=O) groups is 3. The van der Waals surface area contributed by atoms with E-state index < -0.39 is 11.9 Å². The number of ether oxygens (including phenoxy) is 6. The molecule has 39 heavy (non-hydrogen) atoms. The van der Waals surface area contributed by atoms with Crippen LogP contribution in [0.5, 0.6) is 23.0 Å². The van der Waals surface area contributed by atoms with Crippen LogP contribution in [-0.4, -0.2) is 58.4 Å². The first-order valence-corrected chi connectivity index (χ1v) is 12.8. The van der Waals surface area contributed by atoms with Crippen molar-refractivity contribution in [2.45, 2.75) is 33.1 Å². The van der Waals surface area contributed by atoms with E-state index in [2.05, 4.69) is 0 Å². The molecule has 0 N–H and O–H groups in total. The summed E-state index contributed by atoms with van der Waals surface area (Å²) in [5, 5.41) is 0. The first-order chi connectivity index (χ1) is 18.9. The molecule has 0 spiro atoms. The largest absolute Gasteiger partial charge is 0.493 e. The summed E-state index contributed by atoms with van der Waals surface area (Å²) in [6, 6.07) is 10.5. The molecule has 9 nitrogen and oxygen atoms in total. The van der Waals surface area contributed by atoms with Gasteiger partial charge in [-0.2, -0.15) is 0 Å². The van der Waals surface area contributed by atoms with Crippen LogP contribution >= 0.6 is 0 Å². The summed E-state index contributed by atoms with van der Waals surface area (Å²) in [4.78, 5) is 36.5. The van der Waals surface area contributed by atoms with Crippen molar-refractivity contribution in [3.05, 3.63) is 58.7 Å². The molecule has 2 aromatic carbocycles. The van der Waals surface area contributed by atoms with Gasteiger partial charge >= 0.3 is 11.9 Å². The number of esters is 2. The Morgan fingerprint density at radius 1 is 0.718 bits per heavy atom. The maximum Gasteiger partial charge on any atom is 0.344 e. The third-order valence-electron chi connectivity index (χ3n) is 5.83. The first kappa shape index (κ1) is 29.3. The van der Waals surface area contributed by atoms with Crippen molar-refractivity contribution in [3.8, 4) is 23.0 Å². The van der Waals surface area contributed by atoms with Crippen molar-refractivity contribution in [1.29, 1.82) is 0 Å². The monoisotopic (exact) mass is 538 g/mol. The Kier molecular flexibility index (Phi) is 11.0. The zero-order chi connectivity index (χ0) is 28.2. The Balaban J connectivity index is 1.75. The second kappa shape index (κ2) is 14.6. The minimum atomic E-state index is -0.464. The van der Waals surface area contributed by atoms with E-state index in [1.807, 2.05) is 12.2 Å². The summed E-state index contributed by atoms with van der Waals surface area (Å²) >= 11 is 0. The molecule has 1 aliphatic carbocycles. The van der Waals surface area contributed by atoms with Crippen LogP contribution in [0.25, 0.3) is 12.2 Å². The molecule has 0 atom stereocenters. The van der Waals surface area contributed by atoms with Gasteiger partial charge in [-0.1, -0.05) is 12.1 Å². The zero-order valence-corrected chi connectivity index (χ0v) is 22.7. The lowest BCUT2D eigenvalue weighted by atomic mass is 9.87. The van der Waals surface area contributed by atoms with E-state index in [4.69, 9.17) is 28.4 Å². The van der Waals surface area contributed by atoms with Crippen LogP contribution in [0.3, 0.4) is 0 Å². The molecule has 0 unspecified atom stereocenters. The van der Waals surface area contributed by atoms with Crippen molar-refractivity contribution in [3.63, 3.8) is 0 Å². The topological polar surface area (TPSA) is 107 Å². The van der Waals surface area contributed by atoms with Crippen LogP contribution in [0.1, 0.15) is 44.2 Å². The summed E-state index contributed by atoms with van der Waals surface area (Å²) in [6.07, 6.45) is 5.84. The molecule has 0 radical (unpaired) electrons. The molecule has 1 fully saturated rings. The van der Waals surface area contributed by atoms with Crippen molar-refractivity contribution in [1.82, 2.24) is 0 Å². The summed E-state index contributed by atoms with van der Waals surface area (Å²) in [5.74, 6) is 0.766. The Bertz CT molecular complexity index is 1150. The molecule has 208 valence electrons. The molecule has 0 aliphatic heterocycles. The number of Topliss-reactive ketones (excluding diaryl/α,β-unsaturated/α-hetero) is 1. The molecule has 0 amide bonds. The predicted molar refractivity (Wildman–Crippen MR) is 145 cm³/mol. The normalized spacial score (nSPS) is 15.1. The molecule has 9 heteroatoms. The van der Waals surface area contributed by atoms with Crippen molar-refractivity contribution >= 4 is 29.9 Å². The van der Waals surface area contributed by atoms with Gasteiger partial charge in [0.15, 0.2) is 42.0 Å². The third-order valence-corrected chi connectivity index (χ3v) is 5.83. The van der Waals surface area contributed by atoms with E-state index in [9.17, 15) is 14.4 Å². The maximum absolute atomic E-state index is 13.3. The fraction of sp³-hybridized carbons (Fsp3) is 0.367. The summed E-state index contributed by atoms with van der Waals surface area (Å²) in [7, 11) is 3.02. The lowest BCUT2D eigenvalue weighted by Crippen LogP contribution is -2.15. The standard InChI is InChI=1S/C30H34O9/c1-5-36-28(31)18-38-24-12-10-20(16-26(24)34-3)14-22-8-7-9-23(30(22)33)15-21-11-13-25(27(17-21)35-4)39-19-29(32)37-6-2/h10-17H,5-9,18-19H2,1-4H3/b22-14-,23-15+. The van der Waals surface area contributed by atoms with Gasteiger partial charge in [0.1, 0.15) is 0 Å². The van der Waals surface area contributed by atoms with Crippen LogP contribution in [0.4, 0.5) is 0 Å². The molecule has 0 bridgehead atoms. The fourth-order valence-electron chi connectivity index (χ4n) is 4.05. The number of rotatable bonds is 12. The lowest BCUT2D eigenvalue weighted by molar-refractivity contribution is -0.146.